The monoisotopic (exact) mass is 274 g/mol. The maximum Gasteiger partial charge on any atom is 0.345 e. The van der Waals surface area contributed by atoms with Gasteiger partial charge in [0.05, 0.1) is 0 Å². The lowest BCUT2D eigenvalue weighted by atomic mass is 9.71. The van der Waals surface area contributed by atoms with Crippen molar-refractivity contribution in [2.75, 3.05) is 0 Å². The average Bonchev–Trinajstić information content (AvgIpc) is 2.45. The zero-order valence-corrected chi connectivity index (χ0v) is 12.0. The summed E-state index contributed by atoms with van der Waals surface area (Å²) in [6.07, 6.45) is 6.10. The molecule has 1 atom stereocenters. The molecule has 1 aromatic carbocycles. The number of benzene rings is 1. The molecule has 1 aliphatic carbocycles. The Hall–Kier alpha value is -1.77. The first-order valence-corrected chi connectivity index (χ1v) is 7.17. The lowest BCUT2D eigenvalue weighted by molar-refractivity contribution is -0.152. The summed E-state index contributed by atoms with van der Waals surface area (Å²) in [6.45, 7) is 5.75. The third kappa shape index (κ3) is 3.21. The van der Waals surface area contributed by atoms with Gasteiger partial charge in [0.1, 0.15) is 5.75 Å². The number of carboxylic acid groups (broad SMARTS) is 1. The van der Waals surface area contributed by atoms with E-state index in [0.29, 0.717) is 5.75 Å². The third-order valence-corrected chi connectivity index (χ3v) is 4.20. The summed E-state index contributed by atoms with van der Waals surface area (Å²) in [5, 5.41) is 9.53. The minimum Gasteiger partial charge on any atom is -0.478 e. The molecular formula is C17H22O3. The average molecular weight is 274 g/mol. The molecular weight excluding hydrogens is 252 g/mol. The summed E-state index contributed by atoms with van der Waals surface area (Å²) >= 11 is 0. The van der Waals surface area contributed by atoms with Gasteiger partial charge in [-0.1, -0.05) is 51.0 Å². The van der Waals surface area contributed by atoms with Crippen molar-refractivity contribution in [3.8, 4) is 5.75 Å². The molecule has 0 amide bonds. The molecule has 0 spiro atoms. The fourth-order valence-corrected chi connectivity index (χ4v) is 2.96. The van der Waals surface area contributed by atoms with Crippen molar-refractivity contribution >= 4 is 12.0 Å². The van der Waals surface area contributed by atoms with Crippen molar-refractivity contribution in [3.63, 3.8) is 0 Å². The first-order chi connectivity index (χ1) is 9.55. The van der Waals surface area contributed by atoms with E-state index in [1.807, 2.05) is 25.1 Å². The number of carboxylic acids is 1. The van der Waals surface area contributed by atoms with Crippen molar-refractivity contribution < 1.29 is 14.6 Å². The third-order valence-electron chi connectivity index (χ3n) is 4.20. The Bertz CT molecular complexity index is 487. The molecule has 1 aromatic rings. The fourth-order valence-electron chi connectivity index (χ4n) is 2.96. The largest absolute Gasteiger partial charge is 0.478 e. The number of carbonyl (C=O) groups is 1. The highest BCUT2D eigenvalue weighted by Crippen LogP contribution is 2.40. The van der Waals surface area contributed by atoms with Gasteiger partial charge in [-0.05, 0) is 30.5 Å². The van der Waals surface area contributed by atoms with Crippen LogP contribution in [0.2, 0.25) is 0 Å². The van der Waals surface area contributed by atoms with Crippen LogP contribution in [0.4, 0.5) is 0 Å². The summed E-state index contributed by atoms with van der Waals surface area (Å²) in [6, 6.07) is 7.40. The first-order valence-electron chi connectivity index (χ1n) is 7.17. The maximum absolute atomic E-state index is 11.6. The quantitative estimate of drug-likeness (QED) is 0.878. The Labute approximate surface area is 120 Å². The van der Waals surface area contributed by atoms with E-state index in [2.05, 4.69) is 6.58 Å². The van der Waals surface area contributed by atoms with Gasteiger partial charge in [0, 0.05) is 5.41 Å². The molecule has 108 valence electrons. The molecule has 1 saturated carbocycles. The molecule has 0 aliphatic heterocycles. The van der Waals surface area contributed by atoms with Crippen molar-refractivity contribution in [2.24, 2.45) is 5.41 Å². The SMILES string of the molecule is C=Cc1cccc(OC(C(=O)O)C2(C)CCCCC2)c1. The van der Waals surface area contributed by atoms with Gasteiger partial charge in [-0.2, -0.15) is 0 Å². The van der Waals surface area contributed by atoms with Crippen LogP contribution in [-0.2, 0) is 4.79 Å². The number of aliphatic carboxylic acids is 1. The van der Waals surface area contributed by atoms with Gasteiger partial charge in [0.25, 0.3) is 0 Å². The van der Waals surface area contributed by atoms with Gasteiger partial charge < -0.3 is 9.84 Å². The number of ether oxygens (including phenoxy) is 1. The fraction of sp³-hybridized carbons (Fsp3) is 0.471. The van der Waals surface area contributed by atoms with Gasteiger partial charge in [-0.25, -0.2) is 4.79 Å². The molecule has 20 heavy (non-hydrogen) atoms. The van der Waals surface area contributed by atoms with E-state index in [1.54, 1.807) is 12.1 Å². The Morgan fingerprint density at radius 1 is 1.40 bits per heavy atom. The van der Waals surface area contributed by atoms with E-state index >= 15 is 0 Å². The predicted molar refractivity (Wildman–Crippen MR) is 79.8 cm³/mol. The standard InChI is InChI=1S/C17H22O3/c1-3-13-8-7-9-14(12-13)20-15(16(18)19)17(2)10-5-4-6-11-17/h3,7-9,12,15H,1,4-6,10-11H2,2H3,(H,18,19). The van der Waals surface area contributed by atoms with Gasteiger partial charge in [0.2, 0.25) is 6.10 Å². The highest BCUT2D eigenvalue weighted by Gasteiger charge is 2.41. The van der Waals surface area contributed by atoms with E-state index in [9.17, 15) is 9.90 Å². The van der Waals surface area contributed by atoms with Crippen LogP contribution in [0.5, 0.6) is 5.75 Å². The number of rotatable bonds is 5. The Kier molecular flexibility index (Phi) is 4.48. The van der Waals surface area contributed by atoms with Crippen LogP contribution in [-0.4, -0.2) is 17.2 Å². The van der Waals surface area contributed by atoms with E-state index < -0.39 is 12.1 Å². The van der Waals surface area contributed by atoms with Crippen molar-refractivity contribution in [1.82, 2.24) is 0 Å². The van der Waals surface area contributed by atoms with Gasteiger partial charge >= 0.3 is 5.97 Å². The molecule has 0 radical (unpaired) electrons. The minimum atomic E-state index is -0.876. The zero-order chi connectivity index (χ0) is 14.6. The van der Waals surface area contributed by atoms with E-state index in [0.717, 1.165) is 31.2 Å². The molecule has 0 bridgehead atoms. The van der Waals surface area contributed by atoms with Crippen LogP contribution in [0.15, 0.2) is 30.8 Å². The molecule has 2 rings (SSSR count). The molecule has 3 nitrogen and oxygen atoms in total. The number of hydrogen-bond acceptors (Lipinski definition) is 2. The molecule has 3 heteroatoms. The highest BCUT2D eigenvalue weighted by molar-refractivity contribution is 5.74. The van der Waals surface area contributed by atoms with E-state index in [1.165, 1.54) is 6.42 Å². The summed E-state index contributed by atoms with van der Waals surface area (Å²) < 4.78 is 5.81. The second-order valence-electron chi connectivity index (χ2n) is 5.83. The van der Waals surface area contributed by atoms with Gasteiger partial charge in [-0.3, -0.25) is 0 Å². The van der Waals surface area contributed by atoms with Gasteiger partial charge in [-0.15, -0.1) is 0 Å². The summed E-state index contributed by atoms with van der Waals surface area (Å²) in [5.74, 6) is -0.278. The predicted octanol–water partition coefficient (Wildman–Crippen LogP) is 4.13. The van der Waals surface area contributed by atoms with Crippen molar-refractivity contribution in [1.29, 1.82) is 0 Å². The first kappa shape index (κ1) is 14.6. The second-order valence-corrected chi connectivity index (χ2v) is 5.83. The number of hydrogen-bond donors (Lipinski definition) is 1. The molecule has 1 aliphatic rings. The molecule has 0 aromatic heterocycles. The summed E-state index contributed by atoms with van der Waals surface area (Å²) in [4.78, 5) is 11.6. The Morgan fingerprint density at radius 3 is 2.70 bits per heavy atom. The smallest absolute Gasteiger partial charge is 0.345 e. The highest BCUT2D eigenvalue weighted by atomic mass is 16.5. The van der Waals surface area contributed by atoms with Crippen LogP contribution in [0.1, 0.15) is 44.6 Å². The Balaban J connectivity index is 2.20. The van der Waals surface area contributed by atoms with E-state index in [4.69, 9.17) is 4.74 Å². The van der Waals surface area contributed by atoms with Crippen LogP contribution >= 0.6 is 0 Å². The van der Waals surface area contributed by atoms with Crippen LogP contribution in [0, 0.1) is 5.41 Å². The molecule has 1 unspecified atom stereocenters. The topological polar surface area (TPSA) is 46.5 Å². The normalized spacial score (nSPS) is 19.1. The van der Waals surface area contributed by atoms with E-state index in [-0.39, 0.29) is 5.41 Å². The Morgan fingerprint density at radius 2 is 2.10 bits per heavy atom. The van der Waals surface area contributed by atoms with Gasteiger partial charge in [0.15, 0.2) is 0 Å². The summed E-state index contributed by atoms with van der Waals surface area (Å²) in [7, 11) is 0. The van der Waals surface area contributed by atoms with Crippen LogP contribution in [0.25, 0.3) is 6.08 Å². The van der Waals surface area contributed by atoms with Crippen molar-refractivity contribution in [2.45, 2.75) is 45.1 Å². The maximum atomic E-state index is 11.6. The molecule has 1 N–H and O–H groups in total. The molecule has 0 heterocycles. The lowest BCUT2D eigenvalue weighted by Crippen LogP contribution is -2.44. The van der Waals surface area contributed by atoms with Crippen LogP contribution in [0.3, 0.4) is 0 Å². The molecule has 1 fully saturated rings. The minimum absolute atomic E-state index is 0.283. The van der Waals surface area contributed by atoms with Crippen molar-refractivity contribution in [3.05, 3.63) is 36.4 Å². The zero-order valence-electron chi connectivity index (χ0n) is 12.0. The lowest BCUT2D eigenvalue weighted by Gasteiger charge is -2.38. The molecule has 0 saturated heterocycles. The van der Waals surface area contributed by atoms with Crippen LogP contribution < -0.4 is 4.74 Å². The second kappa shape index (κ2) is 6.12. The summed E-state index contributed by atoms with van der Waals surface area (Å²) in [5.41, 5.74) is 0.647.